The van der Waals surface area contributed by atoms with Crippen molar-refractivity contribution in [1.29, 1.82) is 0 Å². The first-order chi connectivity index (χ1) is 11.1. The van der Waals surface area contributed by atoms with Crippen molar-refractivity contribution in [2.24, 2.45) is 0 Å². The lowest BCUT2D eigenvalue weighted by atomic mass is 10.1. The molecule has 23 heavy (non-hydrogen) atoms. The standard InChI is InChI=1S/C17H15N3O3/c1-9-13(14-15(21)18-8-19-17(14)23-9)16(22)20-12-7-6-10-4-2-3-5-11(10)12/h2-5,8,12H,6-7H2,1H3,(H,20,22)(H,18,19,21)/t12-/m1/s1. The third kappa shape index (κ3) is 2.14. The fourth-order valence-corrected chi connectivity index (χ4v) is 3.26. The second-order valence-electron chi connectivity index (χ2n) is 5.71. The van der Waals surface area contributed by atoms with Crippen LogP contribution in [-0.4, -0.2) is 15.9 Å². The van der Waals surface area contributed by atoms with E-state index in [1.807, 2.05) is 18.2 Å². The van der Waals surface area contributed by atoms with Crippen LogP contribution in [0.2, 0.25) is 0 Å². The third-order valence-electron chi connectivity index (χ3n) is 4.34. The van der Waals surface area contributed by atoms with Gasteiger partial charge in [-0.15, -0.1) is 0 Å². The van der Waals surface area contributed by atoms with Crippen molar-refractivity contribution in [2.45, 2.75) is 25.8 Å². The van der Waals surface area contributed by atoms with Gasteiger partial charge in [-0.2, -0.15) is 0 Å². The van der Waals surface area contributed by atoms with Gasteiger partial charge in [0.1, 0.15) is 11.1 Å². The third-order valence-corrected chi connectivity index (χ3v) is 4.34. The highest BCUT2D eigenvalue weighted by molar-refractivity contribution is 6.06. The molecule has 0 spiro atoms. The zero-order chi connectivity index (χ0) is 16.0. The van der Waals surface area contributed by atoms with Gasteiger partial charge >= 0.3 is 0 Å². The lowest BCUT2D eigenvalue weighted by Crippen LogP contribution is -2.28. The van der Waals surface area contributed by atoms with Crippen LogP contribution in [0.3, 0.4) is 0 Å². The Morgan fingerprint density at radius 1 is 1.39 bits per heavy atom. The van der Waals surface area contributed by atoms with Crippen molar-refractivity contribution in [3.8, 4) is 0 Å². The summed E-state index contributed by atoms with van der Waals surface area (Å²) in [7, 11) is 0. The molecule has 3 aromatic rings. The van der Waals surface area contributed by atoms with Gasteiger partial charge in [-0.3, -0.25) is 9.59 Å². The monoisotopic (exact) mass is 309 g/mol. The molecule has 6 heteroatoms. The Kier molecular flexibility index (Phi) is 3.04. The van der Waals surface area contributed by atoms with Crippen molar-refractivity contribution in [3.63, 3.8) is 0 Å². The number of hydrogen-bond donors (Lipinski definition) is 2. The number of hydrogen-bond acceptors (Lipinski definition) is 4. The highest BCUT2D eigenvalue weighted by Crippen LogP contribution is 2.31. The number of aryl methyl sites for hydroxylation is 2. The van der Waals surface area contributed by atoms with Gasteiger partial charge in [0.05, 0.1) is 17.9 Å². The molecule has 0 saturated heterocycles. The lowest BCUT2D eigenvalue weighted by Gasteiger charge is -2.13. The predicted octanol–water partition coefficient (Wildman–Crippen LogP) is 2.24. The van der Waals surface area contributed by atoms with Crippen molar-refractivity contribution in [2.75, 3.05) is 0 Å². The van der Waals surface area contributed by atoms with E-state index >= 15 is 0 Å². The summed E-state index contributed by atoms with van der Waals surface area (Å²) in [6.07, 6.45) is 3.06. The molecule has 2 heterocycles. The number of amides is 1. The smallest absolute Gasteiger partial charge is 0.262 e. The van der Waals surface area contributed by atoms with Gasteiger partial charge in [-0.1, -0.05) is 24.3 Å². The summed E-state index contributed by atoms with van der Waals surface area (Å²) < 4.78 is 5.44. The molecule has 0 fully saturated rings. The van der Waals surface area contributed by atoms with Gasteiger partial charge in [-0.25, -0.2) is 4.98 Å². The normalized spacial score (nSPS) is 16.5. The van der Waals surface area contributed by atoms with E-state index in [0.717, 1.165) is 18.4 Å². The van der Waals surface area contributed by atoms with Crippen molar-refractivity contribution < 1.29 is 9.21 Å². The van der Waals surface area contributed by atoms with Crippen LogP contribution in [0.4, 0.5) is 0 Å². The number of carbonyl (C=O) groups excluding carboxylic acids is 1. The molecule has 0 bridgehead atoms. The maximum atomic E-state index is 12.7. The number of aromatic amines is 1. The fraction of sp³-hybridized carbons (Fsp3) is 0.235. The zero-order valence-corrected chi connectivity index (χ0v) is 12.6. The van der Waals surface area contributed by atoms with Gasteiger partial charge in [-0.05, 0) is 30.9 Å². The highest BCUT2D eigenvalue weighted by atomic mass is 16.3. The minimum absolute atomic E-state index is 0.0428. The Balaban J connectivity index is 1.72. The number of fused-ring (bicyclic) bond motifs is 2. The molecular weight excluding hydrogens is 294 g/mol. The summed E-state index contributed by atoms with van der Waals surface area (Å²) in [5.41, 5.74) is 2.47. The zero-order valence-electron chi connectivity index (χ0n) is 12.6. The molecule has 0 unspecified atom stereocenters. The van der Waals surface area contributed by atoms with Crippen LogP contribution in [0.5, 0.6) is 0 Å². The number of rotatable bonds is 2. The number of nitrogens with one attached hydrogen (secondary N) is 2. The summed E-state index contributed by atoms with van der Waals surface area (Å²) in [5, 5.41) is 3.22. The predicted molar refractivity (Wildman–Crippen MR) is 84.3 cm³/mol. The molecule has 1 atom stereocenters. The summed E-state index contributed by atoms with van der Waals surface area (Å²) in [5.74, 6) is 0.0921. The largest absolute Gasteiger partial charge is 0.442 e. The molecule has 2 N–H and O–H groups in total. The molecule has 1 amide bonds. The second-order valence-corrected chi connectivity index (χ2v) is 5.71. The summed E-state index contributed by atoms with van der Waals surface area (Å²) in [4.78, 5) is 31.2. The molecule has 1 aliphatic rings. The fourth-order valence-electron chi connectivity index (χ4n) is 3.26. The average molecular weight is 309 g/mol. The van der Waals surface area contributed by atoms with Crippen molar-refractivity contribution >= 4 is 17.0 Å². The molecular formula is C17H15N3O3. The molecule has 1 aliphatic carbocycles. The summed E-state index contributed by atoms with van der Waals surface area (Å²) in [6.45, 7) is 1.67. The molecule has 6 nitrogen and oxygen atoms in total. The van der Waals surface area contributed by atoms with E-state index in [-0.39, 0.29) is 34.2 Å². The number of carbonyl (C=O) groups is 1. The maximum absolute atomic E-state index is 12.7. The first kappa shape index (κ1) is 13.8. The van der Waals surface area contributed by atoms with Gasteiger partial charge in [0.2, 0.25) is 5.71 Å². The van der Waals surface area contributed by atoms with Crippen molar-refractivity contribution in [3.05, 3.63) is 63.4 Å². The van der Waals surface area contributed by atoms with E-state index < -0.39 is 0 Å². The van der Waals surface area contributed by atoms with Gasteiger partial charge in [0.25, 0.3) is 11.5 Å². The Bertz CT molecular complexity index is 971. The second kappa shape index (κ2) is 5.08. The van der Waals surface area contributed by atoms with Gasteiger partial charge in [0, 0.05) is 0 Å². The summed E-state index contributed by atoms with van der Waals surface area (Å²) in [6, 6.07) is 8.04. The van der Waals surface area contributed by atoms with Crippen LogP contribution in [0, 0.1) is 6.92 Å². The minimum Gasteiger partial charge on any atom is -0.442 e. The first-order valence-corrected chi connectivity index (χ1v) is 7.50. The van der Waals surface area contributed by atoms with E-state index in [9.17, 15) is 9.59 Å². The van der Waals surface area contributed by atoms with E-state index in [1.54, 1.807) is 6.92 Å². The molecule has 1 aromatic carbocycles. The van der Waals surface area contributed by atoms with E-state index in [2.05, 4.69) is 21.4 Å². The molecule has 0 saturated carbocycles. The van der Waals surface area contributed by atoms with Crippen LogP contribution in [0.15, 0.2) is 39.8 Å². The van der Waals surface area contributed by atoms with E-state index in [4.69, 9.17) is 4.42 Å². The topological polar surface area (TPSA) is 88.0 Å². The van der Waals surface area contributed by atoms with Gasteiger partial charge in [0.15, 0.2) is 0 Å². The van der Waals surface area contributed by atoms with E-state index in [1.165, 1.54) is 11.9 Å². The maximum Gasteiger partial charge on any atom is 0.262 e. The number of furan rings is 1. The molecule has 4 rings (SSSR count). The molecule has 0 aliphatic heterocycles. The molecule has 0 radical (unpaired) electrons. The van der Waals surface area contributed by atoms with Gasteiger partial charge < -0.3 is 14.7 Å². The lowest BCUT2D eigenvalue weighted by molar-refractivity contribution is 0.0936. The average Bonchev–Trinajstić information content (AvgIpc) is 3.09. The Morgan fingerprint density at radius 2 is 2.22 bits per heavy atom. The Labute approximate surface area is 131 Å². The summed E-state index contributed by atoms with van der Waals surface area (Å²) >= 11 is 0. The minimum atomic E-state index is -0.371. The number of nitrogens with zero attached hydrogens (tertiary/aromatic N) is 1. The van der Waals surface area contributed by atoms with Crippen LogP contribution in [-0.2, 0) is 6.42 Å². The van der Waals surface area contributed by atoms with Crippen molar-refractivity contribution in [1.82, 2.24) is 15.3 Å². The Hall–Kier alpha value is -2.89. The highest BCUT2D eigenvalue weighted by Gasteiger charge is 2.27. The molecule has 116 valence electrons. The number of aromatic nitrogens is 2. The Morgan fingerprint density at radius 3 is 3.09 bits per heavy atom. The quantitative estimate of drug-likeness (QED) is 0.760. The first-order valence-electron chi connectivity index (χ1n) is 7.50. The number of H-pyrrole nitrogens is 1. The number of benzene rings is 1. The van der Waals surface area contributed by atoms with E-state index in [0.29, 0.717) is 5.76 Å². The van der Waals surface area contributed by atoms with Crippen LogP contribution < -0.4 is 10.9 Å². The van der Waals surface area contributed by atoms with Crippen LogP contribution >= 0.6 is 0 Å². The SMILES string of the molecule is Cc1oc2nc[nH]c(=O)c2c1C(=O)N[C@@H]1CCc2ccccc21. The molecule has 2 aromatic heterocycles. The van der Waals surface area contributed by atoms with Crippen LogP contribution in [0.1, 0.15) is 39.7 Å². The van der Waals surface area contributed by atoms with Crippen LogP contribution in [0.25, 0.3) is 11.1 Å².